The summed E-state index contributed by atoms with van der Waals surface area (Å²) in [6.07, 6.45) is 6.45. The Morgan fingerprint density at radius 3 is 2.65 bits per heavy atom. The molecule has 2 atom stereocenters. The van der Waals surface area contributed by atoms with Crippen LogP contribution in [0.15, 0.2) is 54.7 Å². The van der Waals surface area contributed by atoms with Crippen molar-refractivity contribution in [3.63, 3.8) is 0 Å². The van der Waals surface area contributed by atoms with Gasteiger partial charge in [-0.2, -0.15) is 0 Å². The molecule has 0 bridgehead atoms. The lowest BCUT2D eigenvalue weighted by molar-refractivity contribution is -0.137. The number of aromatic nitrogens is 2. The minimum atomic E-state index is -0.499. The maximum atomic E-state index is 15.3. The van der Waals surface area contributed by atoms with Gasteiger partial charge in [0.15, 0.2) is 0 Å². The lowest BCUT2D eigenvalue weighted by Crippen LogP contribution is -2.54. The quantitative estimate of drug-likeness (QED) is 0.510. The molecule has 2 aromatic carbocycles. The van der Waals surface area contributed by atoms with E-state index < -0.39 is 11.9 Å². The highest BCUT2D eigenvalue weighted by atomic mass is 19.1. The van der Waals surface area contributed by atoms with Crippen molar-refractivity contribution < 1.29 is 19.1 Å². The standard InChI is InChI=1S/C31H32FN5O3/c1-18-24-5-3-2-4-19(24)10-11-37(18)30(39)21-12-26(20-6-7-20)29-34-28(17-35(29)14-21)25-9-8-22(13-27(25)32)33-31(40)36-15-23(38)16-36/h2-5,8-9,12-13,17-18,20-21,23,38H,6-7,10-11,14-16H2,1H3,(H,33,40)/t18-,21?/m1/s1. The molecular formula is C31H32FN5O3. The van der Waals surface area contributed by atoms with Crippen LogP contribution in [0.4, 0.5) is 14.9 Å². The largest absolute Gasteiger partial charge is 0.389 e. The summed E-state index contributed by atoms with van der Waals surface area (Å²) in [5, 5.41) is 12.1. The normalized spacial score (nSPS) is 22.2. The van der Waals surface area contributed by atoms with Gasteiger partial charge in [0.25, 0.3) is 0 Å². The van der Waals surface area contributed by atoms with Gasteiger partial charge in [0, 0.05) is 30.5 Å². The number of halogens is 1. The van der Waals surface area contributed by atoms with Gasteiger partial charge in [0.1, 0.15) is 11.6 Å². The number of carbonyl (C=O) groups is 2. The van der Waals surface area contributed by atoms with Crippen LogP contribution in [0, 0.1) is 17.7 Å². The molecule has 206 valence electrons. The highest BCUT2D eigenvalue weighted by molar-refractivity contribution is 5.90. The molecule has 2 N–H and O–H groups in total. The highest BCUT2D eigenvalue weighted by Crippen LogP contribution is 2.45. The SMILES string of the molecule is C[C@@H]1c2ccccc2CCN1C(=O)C1C=C(C2CC2)c2nc(-c3ccc(NC(=O)N4CC(O)C4)cc3F)cn2C1. The topological polar surface area (TPSA) is 90.7 Å². The summed E-state index contributed by atoms with van der Waals surface area (Å²) in [5.41, 5.74) is 4.81. The summed E-state index contributed by atoms with van der Waals surface area (Å²) in [6, 6.07) is 12.6. The van der Waals surface area contributed by atoms with E-state index in [0.29, 0.717) is 36.0 Å². The first kappa shape index (κ1) is 25.0. The van der Waals surface area contributed by atoms with Gasteiger partial charge in [0.2, 0.25) is 5.91 Å². The molecule has 1 aromatic heterocycles. The Morgan fingerprint density at radius 1 is 1.10 bits per heavy atom. The Morgan fingerprint density at radius 2 is 1.90 bits per heavy atom. The molecule has 7 rings (SSSR count). The van der Waals surface area contributed by atoms with Crippen LogP contribution in [0.5, 0.6) is 0 Å². The van der Waals surface area contributed by atoms with Crippen LogP contribution in [0.1, 0.15) is 42.8 Å². The van der Waals surface area contributed by atoms with Crippen molar-refractivity contribution in [2.24, 2.45) is 11.8 Å². The van der Waals surface area contributed by atoms with Crippen molar-refractivity contribution in [3.05, 3.63) is 77.5 Å². The van der Waals surface area contributed by atoms with Crippen LogP contribution in [-0.2, 0) is 17.8 Å². The molecule has 1 saturated carbocycles. The molecule has 2 fully saturated rings. The van der Waals surface area contributed by atoms with Gasteiger partial charge in [-0.25, -0.2) is 14.2 Å². The Bertz CT molecular complexity index is 1540. The molecule has 1 unspecified atom stereocenters. The third kappa shape index (κ3) is 4.38. The van der Waals surface area contributed by atoms with E-state index in [1.54, 1.807) is 12.1 Å². The predicted octanol–water partition coefficient (Wildman–Crippen LogP) is 4.47. The number of benzene rings is 2. The zero-order valence-electron chi connectivity index (χ0n) is 22.4. The van der Waals surface area contributed by atoms with Crippen LogP contribution >= 0.6 is 0 Å². The second-order valence-corrected chi connectivity index (χ2v) is 11.4. The van der Waals surface area contributed by atoms with E-state index in [0.717, 1.165) is 30.7 Å². The van der Waals surface area contributed by atoms with Crippen molar-refractivity contribution >= 4 is 23.2 Å². The average Bonchev–Trinajstić information content (AvgIpc) is 3.69. The molecule has 0 spiro atoms. The van der Waals surface area contributed by atoms with Gasteiger partial charge in [-0.3, -0.25) is 4.79 Å². The number of imidazole rings is 1. The van der Waals surface area contributed by atoms with E-state index in [-0.39, 0.29) is 37.0 Å². The number of hydrogen-bond acceptors (Lipinski definition) is 4. The van der Waals surface area contributed by atoms with E-state index in [1.807, 2.05) is 21.7 Å². The van der Waals surface area contributed by atoms with Gasteiger partial charge < -0.3 is 24.8 Å². The number of nitrogens with zero attached hydrogens (tertiary/aromatic N) is 4. The van der Waals surface area contributed by atoms with E-state index >= 15 is 4.39 Å². The number of allylic oxidation sites excluding steroid dienone is 1. The molecule has 3 amide bonds. The number of urea groups is 1. The fourth-order valence-corrected chi connectivity index (χ4v) is 6.24. The molecule has 1 aliphatic carbocycles. The summed E-state index contributed by atoms with van der Waals surface area (Å²) < 4.78 is 17.3. The molecular weight excluding hydrogens is 509 g/mol. The summed E-state index contributed by atoms with van der Waals surface area (Å²) >= 11 is 0. The molecule has 3 aliphatic heterocycles. The van der Waals surface area contributed by atoms with Gasteiger partial charge >= 0.3 is 6.03 Å². The summed E-state index contributed by atoms with van der Waals surface area (Å²) in [6.45, 7) is 3.83. The van der Waals surface area contributed by atoms with Crippen molar-refractivity contribution in [2.75, 3.05) is 25.0 Å². The monoisotopic (exact) mass is 541 g/mol. The van der Waals surface area contributed by atoms with E-state index in [4.69, 9.17) is 4.98 Å². The molecule has 8 nitrogen and oxygen atoms in total. The van der Waals surface area contributed by atoms with Crippen LogP contribution in [0.25, 0.3) is 16.8 Å². The Balaban J connectivity index is 1.12. The molecule has 4 aliphatic rings. The fraction of sp³-hybridized carbons (Fsp3) is 0.387. The predicted molar refractivity (Wildman–Crippen MR) is 149 cm³/mol. The van der Waals surface area contributed by atoms with E-state index in [9.17, 15) is 14.7 Å². The van der Waals surface area contributed by atoms with Crippen molar-refractivity contribution in [2.45, 2.75) is 44.9 Å². The van der Waals surface area contributed by atoms with Gasteiger partial charge in [0.05, 0.1) is 36.8 Å². The fourth-order valence-electron chi connectivity index (χ4n) is 6.24. The molecule has 1 saturated heterocycles. The number of likely N-dealkylation sites (tertiary alicyclic amines) is 1. The second kappa shape index (κ2) is 9.59. The summed E-state index contributed by atoms with van der Waals surface area (Å²) in [5.74, 6) is 0.544. The number of fused-ring (bicyclic) bond motifs is 2. The number of anilines is 1. The van der Waals surface area contributed by atoms with Crippen molar-refractivity contribution in [1.29, 1.82) is 0 Å². The second-order valence-electron chi connectivity index (χ2n) is 11.4. The summed E-state index contributed by atoms with van der Waals surface area (Å²) in [4.78, 5) is 34.4. The lowest BCUT2D eigenvalue weighted by Gasteiger charge is -2.37. The average molecular weight is 542 g/mol. The molecule has 40 heavy (non-hydrogen) atoms. The number of nitrogens with one attached hydrogen (secondary N) is 1. The van der Waals surface area contributed by atoms with Crippen LogP contribution in [-0.4, -0.2) is 62.1 Å². The lowest BCUT2D eigenvalue weighted by atomic mass is 9.91. The van der Waals surface area contributed by atoms with E-state index in [2.05, 4.69) is 36.5 Å². The Hall–Kier alpha value is -3.98. The smallest absolute Gasteiger partial charge is 0.322 e. The number of hydrogen-bond donors (Lipinski definition) is 2. The highest BCUT2D eigenvalue weighted by Gasteiger charge is 2.38. The first-order valence-electron chi connectivity index (χ1n) is 14.1. The number of amides is 3. The number of β-amino-alcohol motifs (C(OH)–C–C–N with tert-alkyl or cyclic N) is 1. The molecule has 4 heterocycles. The maximum absolute atomic E-state index is 15.3. The zero-order chi connectivity index (χ0) is 27.5. The number of aliphatic hydroxyl groups excluding tert-OH is 1. The van der Waals surface area contributed by atoms with Crippen molar-refractivity contribution in [3.8, 4) is 11.3 Å². The number of rotatable bonds is 4. The summed E-state index contributed by atoms with van der Waals surface area (Å²) in [7, 11) is 0. The maximum Gasteiger partial charge on any atom is 0.322 e. The first-order chi connectivity index (χ1) is 19.4. The zero-order valence-corrected chi connectivity index (χ0v) is 22.4. The Kier molecular flexibility index (Phi) is 6.00. The van der Waals surface area contributed by atoms with Crippen LogP contribution < -0.4 is 5.32 Å². The molecule has 3 aromatic rings. The van der Waals surface area contributed by atoms with Crippen molar-refractivity contribution in [1.82, 2.24) is 19.4 Å². The molecule has 9 heteroatoms. The van der Waals surface area contributed by atoms with Gasteiger partial charge in [-0.15, -0.1) is 0 Å². The van der Waals surface area contributed by atoms with Crippen LogP contribution in [0.3, 0.4) is 0 Å². The third-order valence-corrected chi connectivity index (χ3v) is 8.67. The minimum absolute atomic E-state index is 0.0224. The Labute approximate surface area is 232 Å². The minimum Gasteiger partial charge on any atom is -0.389 e. The van der Waals surface area contributed by atoms with Gasteiger partial charge in [-0.1, -0.05) is 30.3 Å². The van der Waals surface area contributed by atoms with Crippen LogP contribution in [0.2, 0.25) is 0 Å². The third-order valence-electron chi connectivity index (χ3n) is 8.67. The number of carbonyl (C=O) groups excluding carboxylic acids is 2. The van der Waals surface area contributed by atoms with Gasteiger partial charge in [-0.05, 0) is 67.0 Å². The molecule has 0 radical (unpaired) electrons. The number of aliphatic hydroxyl groups is 1. The van der Waals surface area contributed by atoms with E-state index in [1.165, 1.54) is 22.1 Å². The first-order valence-corrected chi connectivity index (χ1v) is 14.1.